The van der Waals surface area contributed by atoms with Crippen molar-refractivity contribution in [2.24, 2.45) is 5.16 Å². The molecule has 1 radical (unpaired) electrons. The number of rotatable bonds is 6. The minimum absolute atomic E-state index is 0.0822. The van der Waals surface area contributed by atoms with Crippen LogP contribution in [0, 0.1) is 0 Å². The monoisotopic (exact) mass is 268 g/mol. The zero-order chi connectivity index (χ0) is 13.4. The lowest BCUT2D eigenvalue weighted by atomic mass is 10.3. The molecule has 95 valence electrons. The lowest BCUT2D eigenvalue weighted by Gasteiger charge is -2.00. The molecule has 0 saturated carbocycles. The molecule has 0 fully saturated rings. The van der Waals surface area contributed by atoms with E-state index in [0.29, 0.717) is 0 Å². The van der Waals surface area contributed by atoms with Crippen LogP contribution in [-0.2, 0) is 14.4 Å². The van der Waals surface area contributed by atoms with E-state index in [1.54, 1.807) is 6.29 Å². The van der Waals surface area contributed by atoms with E-state index in [1.165, 1.54) is 18.6 Å². The van der Waals surface area contributed by atoms with Gasteiger partial charge in [-0.2, -0.15) is 0 Å². The number of hydrogen-bond acceptors (Lipinski definition) is 7. The van der Waals surface area contributed by atoms with Crippen LogP contribution in [0.15, 0.2) is 23.2 Å². The Morgan fingerprint density at radius 1 is 1.78 bits per heavy atom. The molecule has 1 aromatic heterocycles. The van der Waals surface area contributed by atoms with Crippen LogP contribution in [0.4, 0.5) is 9.93 Å². The van der Waals surface area contributed by atoms with E-state index < -0.39 is 6.09 Å². The normalized spacial score (nSPS) is 10.6. The number of amides is 1. The van der Waals surface area contributed by atoms with Crippen molar-refractivity contribution in [3.05, 3.63) is 23.7 Å². The topological polar surface area (TPSA) is 89.9 Å². The summed E-state index contributed by atoms with van der Waals surface area (Å²) in [6.45, 7) is 3.51. The van der Waals surface area contributed by atoms with Crippen molar-refractivity contribution in [1.29, 1.82) is 0 Å². The molecule has 1 heterocycles. The molecule has 1 aromatic rings. The third-order valence-corrected chi connectivity index (χ3v) is 2.33. The molecule has 8 heteroatoms. The summed E-state index contributed by atoms with van der Waals surface area (Å²) in [6, 6.07) is 0. The van der Waals surface area contributed by atoms with Crippen molar-refractivity contribution in [2.75, 3.05) is 19.0 Å². The molecule has 0 aromatic carbocycles. The predicted molar refractivity (Wildman–Crippen MR) is 66.5 cm³/mol. The van der Waals surface area contributed by atoms with Gasteiger partial charge in [-0.3, -0.25) is 10.1 Å². The number of oxime groups is 1. The first-order chi connectivity index (χ1) is 8.71. The van der Waals surface area contributed by atoms with E-state index in [0.717, 1.165) is 11.3 Å². The maximum Gasteiger partial charge on any atom is 0.413 e. The van der Waals surface area contributed by atoms with Gasteiger partial charge < -0.3 is 9.57 Å². The number of carbonyl (C=O) groups is 1. The van der Waals surface area contributed by atoms with Crippen LogP contribution in [-0.4, -0.2) is 36.8 Å². The Kier molecular flexibility index (Phi) is 5.52. The van der Waals surface area contributed by atoms with Gasteiger partial charge in [0.2, 0.25) is 0 Å². The summed E-state index contributed by atoms with van der Waals surface area (Å²) in [5, 5.41) is 7.64. The molecule has 0 aliphatic heterocycles. The molecule has 0 atom stereocenters. The molecule has 1 rings (SSSR count). The smallest absolute Gasteiger partial charge is 0.413 e. The van der Waals surface area contributed by atoms with Gasteiger partial charge in [0.1, 0.15) is 19.4 Å². The first-order valence-electron chi connectivity index (χ1n) is 4.71. The van der Waals surface area contributed by atoms with Crippen LogP contribution in [0.3, 0.4) is 0 Å². The summed E-state index contributed by atoms with van der Waals surface area (Å²) in [7, 11) is 1.30. The fraction of sp³-hybridized carbons (Fsp3) is 0.200. The van der Waals surface area contributed by atoms with Gasteiger partial charge in [0.05, 0.1) is 0 Å². The summed E-state index contributed by atoms with van der Waals surface area (Å²) < 4.78 is 4.70. The Balaban J connectivity index is 2.68. The number of aromatic nitrogens is 1. The highest BCUT2D eigenvalue weighted by Gasteiger charge is 2.12. The summed E-state index contributed by atoms with van der Waals surface area (Å²) in [6.07, 6.45) is 2.37. The zero-order valence-electron chi connectivity index (χ0n) is 9.50. The quantitative estimate of drug-likeness (QED) is 0.477. The Morgan fingerprint density at radius 3 is 3.17 bits per heavy atom. The van der Waals surface area contributed by atoms with Gasteiger partial charge in [0, 0.05) is 5.38 Å². The molecule has 0 saturated heterocycles. The van der Waals surface area contributed by atoms with Crippen LogP contribution in [0.25, 0.3) is 0 Å². The minimum atomic E-state index is -0.656. The molecule has 0 unspecified atom stereocenters. The lowest BCUT2D eigenvalue weighted by molar-refractivity contribution is 0.174. The van der Waals surface area contributed by atoms with E-state index in [4.69, 9.17) is 4.74 Å². The van der Waals surface area contributed by atoms with Crippen molar-refractivity contribution < 1.29 is 19.2 Å². The van der Waals surface area contributed by atoms with Gasteiger partial charge >= 0.3 is 6.09 Å². The van der Waals surface area contributed by atoms with Crippen molar-refractivity contribution in [2.45, 2.75) is 0 Å². The molecular weight excluding hydrogens is 258 g/mol. The Labute approximate surface area is 107 Å². The maximum absolute atomic E-state index is 11.2. The van der Waals surface area contributed by atoms with Gasteiger partial charge in [0.15, 0.2) is 10.8 Å². The number of thiazole rings is 1. The van der Waals surface area contributed by atoms with Crippen molar-refractivity contribution in [3.63, 3.8) is 0 Å². The van der Waals surface area contributed by atoms with Gasteiger partial charge in [-0.25, -0.2) is 9.78 Å². The van der Waals surface area contributed by atoms with Crippen LogP contribution >= 0.6 is 11.3 Å². The number of nitrogens with zero attached hydrogens (tertiary/aromatic N) is 2. The summed E-state index contributed by atoms with van der Waals surface area (Å²) in [5.41, 5.74) is 0.178. The predicted octanol–water partition coefficient (Wildman–Crippen LogP) is 1.34. The largest absolute Gasteiger partial charge is 0.445 e. The average molecular weight is 268 g/mol. The van der Waals surface area contributed by atoms with Crippen LogP contribution in [0.2, 0.25) is 0 Å². The second-order valence-electron chi connectivity index (χ2n) is 2.77. The SMILES string of the molecule is C=CCOC(=O)Nc1nc(/C([C]=O)=N/OC)cs1. The standard InChI is InChI=1S/C10H10N3O4S/c1-3-4-17-10(15)12-9-11-8(6-18-9)7(5-14)13-16-2/h3,6H,1,4H2,2H3,(H,11,12,15)/b13-7+. The van der Waals surface area contributed by atoms with E-state index in [-0.39, 0.29) is 23.1 Å². The molecule has 0 bridgehead atoms. The van der Waals surface area contributed by atoms with Gasteiger partial charge in [-0.05, 0) is 0 Å². The van der Waals surface area contributed by atoms with Crippen molar-refractivity contribution >= 4 is 34.6 Å². The van der Waals surface area contributed by atoms with Crippen LogP contribution in [0.5, 0.6) is 0 Å². The molecule has 7 nitrogen and oxygen atoms in total. The average Bonchev–Trinajstić information content (AvgIpc) is 2.81. The number of anilines is 1. The van der Waals surface area contributed by atoms with Gasteiger partial charge in [-0.15, -0.1) is 11.3 Å². The molecular formula is C10H10N3O4S. The number of carbonyl (C=O) groups excluding carboxylic acids is 2. The van der Waals surface area contributed by atoms with E-state index in [9.17, 15) is 9.59 Å². The fourth-order valence-electron chi connectivity index (χ4n) is 0.907. The summed E-state index contributed by atoms with van der Waals surface area (Å²) in [4.78, 5) is 30.2. The number of hydrogen-bond donors (Lipinski definition) is 1. The molecule has 1 amide bonds. The zero-order valence-corrected chi connectivity index (χ0v) is 10.3. The number of nitrogens with one attached hydrogen (secondary N) is 1. The van der Waals surface area contributed by atoms with Crippen LogP contribution in [0.1, 0.15) is 5.69 Å². The highest BCUT2D eigenvalue weighted by atomic mass is 32.1. The van der Waals surface area contributed by atoms with Crippen LogP contribution < -0.4 is 5.32 Å². The Hall–Kier alpha value is -2.22. The summed E-state index contributed by atoms with van der Waals surface area (Å²) >= 11 is 1.12. The second-order valence-corrected chi connectivity index (χ2v) is 3.63. The lowest BCUT2D eigenvalue weighted by Crippen LogP contribution is -2.13. The van der Waals surface area contributed by atoms with E-state index in [1.807, 2.05) is 0 Å². The molecule has 1 N–H and O–H groups in total. The van der Waals surface area contributed by atoms with E-state index in [2.05, 4.69) is 26.9 Å². The first kappa shape index (κ1) is 13.8. The van der Waals surface area contributed by atoms with E-state index >= 15 is 0 Å². The Bertz CT molecular complexity index is 469. The van der Waals surface area contributed by atoms with Gasteiger partial charge in [0.25, 0.3) is 6.29 Å². The van der Waals surface area contributed by atoms with Crippen molar-refractivity contribution in [3.8, 4) is 0 Å². The molecule has 0 aliphatic rings. The van der Waals surface area contributed by atoms with Crippen molar-refractivity contribution in [1.82, 2.24) is 4.98 Å². The summed E-state index contributed by atoms with van der Waals surface area (Å²) in [5.74, 6) is 0. The highest BCUT2D eigenvalue weighted by Crippen LogP contribution is 2.16. The number of ether oxygens (including phenoxy) is 1. The maximum atomic E-state index is 11.2. The molecule has 0 spiro atoms. The first-order valence-corrected chi connectivity index (χ1v) is 5.59. The van der Waals surface area contributed by atoms with Gasteiger partial charge in [-0.1, -0.05) is 17.8 Å². The molecule has 18 heavy (non-hydrogen) atoms. The fourth-order valence-corrected chi connectivity index (χ4v) is 1.59. The highest BCUT2D eigenvalue weighted by molar-refractivity contribution is 7.14. The Morgan fingerprint density at radius 2 is 2.56 bits per heavy atom. The third kappa shape index (κ3) is 3.98. The second kappa shape index (κ2) is 7.17. The third-order valence-electron chi connectivity index (χ3n) is 1.57. The molecule has 0 aliphatic carbocycles. The minimum Gasteiger partial charge on any atom is -0.445 e.